The summed E-state index contributed by atoms with van der Waals surface area (Å²) >= 11 is 7.48. The molecule has 2 amide bonds. The van der Waals surface area contributed by atoms with E-state index in [2.05, 4.69) is 5.32 Å². The highest BCUT2D eigenvalue weighted by molar-refractivity contribution is 7.10. The lowest BCUT2D eigenvalue weighted by Crippen LogP contribution is -2.43. The Hall–Kier alpha value is -2.63. The van der Waals surface area contributed by atoms with Gasteiger partial charge < -0.3 is 10.2 Å². The Morgan fingerprint density at radius 3 is 2.52 bits per heavy atom. The third-order valence-corrected chi connectivity index (χ3v) is 6.00. The molecule has 0 saturated heterocycles. The number of nitrogens with zero attached hydrogens (tertiary/aromatic N) is 1. The molecule has 1 aliphatic heterocycles. The van der Waals surface area contributed by atoms with Crippen molar-refractivity contribution in [2.75, 3.05) is 12.4 Å². The van der Waals surface area contributed by atoms with E-state index in [0.29, 0.717) is 16.3 Å². The lowest BCUT2D eigenvalue weighted by Gasteiger charge is -2.39. The molecule has 0 spiro atoms. The predicted molar refractivity (Wildman–Crippen MR) is 108 cm³/mol. The van der Waals surface area contributed by atoms with Gasteiger partial charge in [-0.15, -0.1) is 11.3 Å². The third kappa shape index (κ3) is 3.24. The zero-order valence-electron chi connectivity index (χ0n) is 14.6. The smallest absolute Gasteiger partial charge is 0.254 e. The van der Waals surface area contributed by atoms with Crippen LogP contribution in [-0.4, -0.2) is 23.8 Å². The number of hydrogen-bond donors (Lipinski definition) is 1. The number of benzene rings is 2. The van der Waals surface area contributed by atoms with Crippen molar-refractivity contribution in [3.63, 3.8) is 0 Å². The summed E-state index contributed by atoms with van der Waals surface area (Å²) < 4.78 is 0. The lowest BCUT2D eigenvalue weighted by atomic mass is 9.81. The minimum atomic E-state index is -0.502. The van der Waals surface area contributed by atoms with Crippen molar-refractivity contribution in [1.82, 2.24) is 4.90 Å². The maximum atomic E-state index is 13.3. The highest BCUT2D eigenvalue weighted by atomic mass is 35.5. The molecule has 1 N–H and O–H groups in total. The first kappa shape index (κ1) is 17.8. The number of halogens is 1. The monoisotopic (exact) mass is 396 g/mol. The second-order valence-electron chi connectivity index (χ2n) is 6.44. The van der Waals surface area contributed by atoms with Crippen LogP contribution in [0.2, 0.25) is 5.02 Å². The summed E-state index contributed by atoms with van der Waals surface area (Å²) in [6.45, 7) is 0. The van der Waals surface area contributed by atoms with Crippen LogP contribution in [0.4, 0.5) is 5.69 Å². The molecule has 3 aromatic rings. The van der Waals surface area contributed by atoms with Gasteiger partial charge in [-0.3, -0.25) is 9.59 Å². The minimum Gasteiger partial charge on any atom is -0.333 e. The molecule has 136 valence electrons. The van der Waals surface area contributed by atoms with Gasteiger partial charge in [0.2, 0.25) is 5.91 Å². The van der Waals surface area contributed by atoms with Crippen LogP contribution in [-0.2, 0) is 4.79 Å². The first-order valence-electron chi connectivity index (χ1n) is 8.52. The third-order valence-electron chi connectivity index (χ3n) is 4.81. The molecule has 27 heavy (non-hydrogen) atoms. The van der Waals surface area contributed by atoms with Crippen molar-refractivity contribution in [1.29, 1.82) is 0 Å². The Balaban J connectivity index is 1.78. The number of rotatable bonds is 3. The Bertz CT molecular complexity index is 986. The summed E-state index contributed by atoms with van der Waals surface area (Å²) in [4.78, 5) is 28.8. The van der Waals surface area contributed by atoms with Crippen LogP contribution in [0.25, 0.3) is 0 Å². The SMILES string of the molecule is CN1C(=O)c2ccccc2[C@@H](C(=O)Nc2ccc(Cl)cc2)[C@H]1c1cccs1. The molecular weight excluding hydrogens is 380 g/mol. The van der Waals surface area contributed by atoms with Gasteiger partial charge in [-0.25, -0.2) is 0 Å². The molecule has 0 aliphatic carbocycles. The van der Waals surface area contributed by atoms with E-state index >= 15 is 0 Å². The van der Waals surface area contributed by atoms with E-state index in [9.17, 15) is 9.59 Å². The van der Waals surface area contributed by atoms with Gasteiger partial charge in [0.05, 0.1) is 12.0 Å². The van der Waals surface area contributed by atoms with Gasteiger partial charge in [0.1, 0.15) is 0 Å². The molecule has 4 rings (SSSR count). The van der Waals surface area contributed by atoms with E-state index in [4.69, 9.17) is 11.6 Å². The van der Waals surface area contributed by atoms with Crippen molar-refractivity contribution in [3.8, 4) is 0 Å². The van der Waals surface area contributed by atoms with Crippen molar-refractivity contribution in [2.24, 2.45) is 0 Å². The molecule has 0 saturated carbocycles. The largest absolute Gasteiger partial charge is 0.333 e. The average molecular weight is 397 g/mol. The summed E-state index contributed by atoms with van der Waals surface area (Å²) in [5, 5.41) is 5.55. The highest BCUT2D eigenvalue weighted by Crippen LogP contribution is 2.43. The molecule has 0 unspecified atom stereocenters. The number of thiophene rings is 1. The summed E-state index contributed by atoms with van der Waals surface area (Å²) in [6.07, 6.45) is 0. The number of hydrogen-bond acceptors (Lipinski definition) is 3. The first-order chi connectivity index (χ1) is 13.1. The van der Waals surface area contributed by atoms with Gasteiger partial charge >= 0.3 is 0 Å². The second-order valence-corrected chi connectivity index (χ2v) is 7.85. The van der Waals surface area contributed by atoms with Crippen LogP contribution in [0, 0.1) is 0 Å². The van der Waals surface area contributed by atoms with E-state index in [0.717, 1.165) is 10.4 Å². The van der Waals surface area contributed by atoms with Crippen LogP contribution < -0.4 is 5.32 Å². The Morgan fingerprint density at radius 2 is 1.81 bits per heavy atom. The molecule has 0 bridgehead atoms. The van der Waals surface area contributed by atoms with Gasteiger partial charge in [0.25, 0.3) is 5.91 Å². The molecule has 0 fully saturated rings. The van der Waals surface area contributed by atoms with Crippen LogP contribution in [0.5, 0.6) is 0 Å². The molecule has 1 aromatic heterocycles. The topological polar surface area (TPSA) is 49.4 Å². The fraction of sp³-hybridized carbons (Fsp3) is 0.143. The van der Waals surface area contributed by atoms with Crippen LogP contribution in [0.15, 0.2) is 66.0 Å². The number of carbonyl (C=O) groups is 2. The van der Waals surface area contributed by atoms with Crippen LogP contribution >= 0.6 is 22.9 Å². The molecule has 2 heterocycles. The van der Waals surface area contributed by atoms with Gasteiger partial charge in [0.15, 0.2) is 0 Å². The number of amides is 2. The molecule has 2 aromatic carbocycles. The van der Waals surface area contributed by atoms with Crippen molar-refractivity contribution in [3.05, 3.63) is 87.1 Å². The number of fused-ring (bicyclic) bond motifs is 1. The maximum Gasteiger partial charge on any atom is 0.254 e. The average Bonchev–Trinajstić information content (AvgIpc) is 3.20. The number of likely N-dealkylation sites (N-methyl/N-ethyl adjacent to an activating group) is 1. The van der Waals surface area contributed by atoms with Gasteiger partial charge in [-0.2, -0.15) is 0 Å². The predicted octanol–water partition coefficient (Wildman–Crippen LogP) is 4.95. The van der Waals surface area contributed by atoms with Crippen LogP contribution in [0.1, 0.15) is 32.8 Å². The molecule has 4 nitrogen and oxygen atoms in total. The summed E-state index contributed by atoms with van der Waals surface area (Å²) in [6, 6.07) is 17.9. The fourth-order valence-electron chi connectivity index (χ4n) is 3.53. The quantitative estimate of drug-likeness (QED) is 0.680. The van der Waals surface area contributed by atoms with E-state index in [-0.39, 0.29) is 17.9 Å². The van der Waals surface area contributed by atoms with Crippen molar-refractivity contribution in [2.45, 2.75) is 12.0 Å². The van der Waals surface area contributed by atoms with Crippen molar-refractivity contribution >= 4 is 40.4 Å². The van der Waals surface area contributed by atoms with E-state index in [1.165, 1.54) is 0 Å². The summed E-state index contributed by atoms with van der Waals surface area (Å²) in [7, 11) is 1.76. The Labute approximate surface area is 166 Å². The zero-order chi connectivity index (χ0) is 19.0. The Kier molecular flexibility index (Phi) is 4.72. The highest BCUT2D eigenvalue weighted by Gasteiger charge is 2.43. The van der Waals surface area contributed by atoms with E-state index in [1.807, 2.05) is 35.7 Å². The lowest BCUT2D eigenvalue weighted by molar-refractivity contribution is -0.119. The Morgan fingerprint density at radius 1 is 1.07 bits per heavy atom. The van der Waals surface area contributed by atoms with Crippen molar-refractivity contribution < 1.29 is 9.59 Å². The van der Waals surface area contributed by atoms with Gasteiger partial charge in [-0.1, -0.05) is 35.9 Å². The molecule has 2 atom stereocenters. The number of carbonyl (C=O) groups excluding carboxylic acids is 2. The molecule has 1 aliphatic rings. The first-order valence-corrected chi connectivity index (χ1v) is 9.78. The summed E-state index contributed by atoms with van der Waals surface area (Å²) in [5.74, 6) is -0.722. The van der Waals surface area contributed by atoms with Gasteiger partial charge in [-0.05, 0) is 47.3 Å². The van der Waals surface area contributed by atoms with E-state index in [1.54, 1.807) is 53.6 Å². The standard InChI is InChI=1S/C21H17ClN2O2S/c1-24-19(17-7-4-12-27-17)18(15-5-2-3-6-16(15)21(24)26)20(25)23-14-10-8-13(22)9-11-14/h2-12,18-19H,1H3,(H,23,25)/t18-,19-/m1/s1. The normalized spacial score (nSPS) is 18.9. The maximum absolute atomic E-state index is 13.3. The fourth-order valence-corrected chi connectivity index (χ4v) is 4.56. The zero-order valence-corrected chi connectivity index (χ0v) is 16.1. The number of nitrogens with one attached hydrogen (secondary N) is 1. The number of anilines is 1. The molecule has 6 heteroatoms. The van der Waals surface area contributed by atoms with Crippen LogP contribution in [0.3, 0.4) is 0 Å². The van der Waals surface area contributed by atoms with Gasteiger partial charge in [0, 0.05) is 28.2 Å². The molecular formula is C21H17ClN2O2S. The second kappa shape index (κ2) is 7.18. The van der Waals surface area contributed by atoms with E-state index < -0.39 is 5.92 Å². The summed E-state index contributed by atoms with van der Waals surface area (Å²) in [5.41, 5.74) is 2.00. The molecule has 0 radical (unpaired) electrons. The minimum absolute atomic E-state index is 0.0699.